The molecule has 0 radical (unpaired) electrons. The summed E-state index contributed by atoms with van der Waals surface area (Å²) in [5.74, 6) is 0.365. The highest BCUT2D eigenvalue weighted by Gasteiger charge is 2.32. The van der Waals surface area contributed by atoms with Crippen molar-refractivity contribution in [2.24, 2.45) is 0 Å². The lowest BCUT2D eigenvalue weighted by Gasteiger charge is -2.21. The first-order chi connectivity index (χ1) is 17.9. The minimum Gasteiger partial charge on any atom is -0.404 e. The van der Waals surface area contributed by atoms with Gasteiger partial charge in [-0.05, 0) is 38.0 Å². The van der Waals surface area contributed by atoms with E-state index in [0.29, 0.717) is 11.3 Å². The largest absolute Gasteiger partial charge is 0.530 e. The molecule has 0 aliphatic carbocycles. The first kappa shape index (κ1) is 29.1. The number of rotatable bonds is 17. The number of ether oxygens (including phenoxy) is 1. The molecule has 1 aromatic heterocycles. The van der Waals surface area contributed by atoms with Crippen molar-refractivity contribution in [3.05, 3.63) is 75.1 Å². The Kier molecular flexibility index (Phi) is 11.8. The molecule has 0 saturated carbocycles. The van der Waals surface area contributed by atoms with Gasteiger partial charge in [0.1, 0.15) is 11.9 Å². The third-order valence-corrected chi connectivity index (χ3v) is 7.28. The van der Waals surface area contributed by atoms with Crippen LogP contribution in [-0.4, -0.2) is 40.6 Å². The van der Waals surface area contributed by atoms with Crippen molar-refractivity contribution in [3.63, 3.8) is 0 Å². The zero-order valence-electron chi connectivity index (χ0n) is 21.3. The first-order valence-corrected chi connectivity index (χ1v) is 14.3. The van der Waals surface area contributed by atoms with E-state index in [4.69, 9.17) is 23.4 Å². The second kappa shape index (κ2) is 15.1. The second-order valence-corrected chi connectivity index (χ2v) is 10.6. The number of H-pyrrole nitrogens is 1. The predicted molar refractivity (Wildman–Crippen MR) is 140 cm³/mol. The van der Waals surface area contributed by atoms with Crippen LogP contribution in [0.25, 0.3) is 0 Å². The summed E-state index contributed by atoms with van der Waals surface area (Å²) in [7, 11) is -3.94. The molecular weight excluding hydrogens is 499 g/mol. The molecule has 11 heteroatoms. The lowest BCUT2D eigenvalue weighted by molar-refractivity contribution is -0.0119. The molecule has 0 fully saturated rings. The van der Waals surface area contributed by atoms with Crippen LogP contribution < -0.4 is 15.8 Å². The van der Waals surface area contributed by atoms with Crippen molar-refractivity contribution < 1.29 is 28.0 Å². The Morgan fingerprint density at radius 3 is 2.35 bits per heavy atom. The van der Waals surface area contributed by atoms with E-state index in [2.05, 4.69) is 4.98 Å². The molecule has 1 aromatic carbocycles. The summed E-state index contributed by atoms with van der Waals surface area (Å²) < 4.78 is 37.4. The lowest BCUT2D eigenvalue weighted by Crippen LogP contribution is -2.33. The molecule has 37 heavy (non-hydrogen) atoms. The van der Waals surface area contributed by atoms with Gasteiger partial charge in [0, 0.05) is 18.4 Å². The highest BCUT2D eigenvalue weighted by Crippen LogP contribution is 2.50. The van der Waals surface area contributed by atoms with Crippen LogP contribution in [0, 0.1) is 6.92 Å². The van der Waals surface area contributed by atoms with Crippen LogP contribution in [0.4, 0.5) is 0 Å². The third kappa shape index (κ3) is 9.72. The molecule has 204 valence electrons. The van der Waals surface area contributed by atoms with E-state index in [1.807, 2.05) is 6.07 Å². The van der Waals surface area contributed by atoms with E-state index in [1.54, 1.807) is 43.3 Å². The summed E-state index contributed by atoms with van der Waals surface area (Å²) in [5, 5.41) is 8.82. The molecule has 1 aliphatic rings. The fourth-order valence-electron chi connectivity index (χ4n) is 3.83. The highest BCUT2D eigenvalue weighted by atomic mass is 31.2. The quantitative estimate of drug-likeness (QED) is 0.170. The monoisotopic (exact) mass is 536 g/mol. The Labute approximate surface area is 216 Å². The van der Waals surface area contributed by atoms with Gasteiger partial charge in [-0.15, -0.1) is 0 Å². The molecule has 1 aliphatic heterocycles. The zero-order chi connectivity index (χ0) is 26.5. The summed E-state index contributed by atoms with van der Waals surface area (Å²) in [5.41, 5.74) is -0.650. The summed E-state index contributed by atoms with van der Waals surface area (Å²) in [4.78, 5) is 26.0. The van der Waals surface area contributed by atoms with E-state index < -0.39 is 31.4 Å². The number of hydrogen-bond acceptors (Lipinski definition) is 8. The Morgan fingerprint density at radius 2 is 1.65 bits per heavy atom. The number of aliphatic hydroxyl groups excluding tert-OH is 1. The fraction of sp³-hybridized carbons (Fsp3) is 0.538. The van der Waals surface area contributed by atoms with Gasteiger partial charge in [0.2, 0.25) is 0 Å². The molecule has 3 rings (SSSR count). The molecule has 0 bridgehead atoms. The van der Waals surface area contributed by atoms with Crippen LogP contribution in [0.2, 0.25) is 0 Å². The maximum absolute atomic E-state index is 13.4. The number of aliphatic hydroxyl groups is 1. The molecular formula is C26H37N2O8P. The summed E-state index contributed by atoms with van der Waals surface area (Å²) in [6, 6.07) is 8.68. The van der Waals surface area contributed by atoms with Crippen LogP contribution in [0.5, 0.6) is 5.75 Å². The number of phosphoric ester groups is 1. The number of nitrogens with zero attached hydrogens (tertiary/aromatic N) is 1. The summed E-state index contributed by atoms with van der Waals surface area (Å²) >= 11 is 0. The minimum atomic E-state index is -3.94. The molecule has 1 unspecified atom stereocenters. The molecule has 0 saturated heterocycles. The standard InChI is InChI=1S/C26H37N2O8P/c1-21-19-28(26(31)27-25(21)30)24-16-15-23(35-24)20-34-37(32,36-22-13-9-8-10-14-22)33-18-12-7-5-3-2-4-6-11-17-29/h8-10,13-16,19,23-24,29H,2-7,11-12,17-18,20H2,1H3,(H,27,30,31)/t23-,24+,37?/m0/s1. The van der Waals surface area contributed by atoms with Crippen molar-refractivity contribution in [2.45, 2.75) is 70.6 Å². The smallest absolute Gasteiger partial charge is 0.404 e. The SMILES string of the molecule is Cc1cn([C@H]2C=C[C@@H](COP(=O)(OCCCCCCCCCCO)Oc3ccccc3)O2)c(=O)[nH]c1=O. The van der Waals surface area contributed by atoms with Crippen LogP contribution in [0.3, 0.4) is 0 Å². The van der Waals surface area contributed by atoms with Gasteiger partial charge in [0.25, 0.3) is 5.56 Å². The van der Waals surface area contributed by atoms with Crippen LogP contribution in [0.15, 0.2) is 58.3 Å². The lowest BCUT2D eigenvalue weighted by atomic mass is 10.1. The van der Waals surface area contributed by atoms with Gasteiger partial charge in [-0.1, -0.05) is 62.8 Å². The minimum absolute atomic E-state index is 0.109. The Balaban J connectivity index is 1.49. The number of nitrogens with one attached hydrogen (secondary N) is 1. The van der Waals surface area contributed by atoms with Gasteiger partial charge in [0.15, 0.2) is 6.23 Å². The van der Waals surface area contributed by atoms with Gasteiger partial charge < -0.3 is 14.4 Å². The van der Waals surface area contributed by atoms with Gasteiger partial charge in [-0.3, -0.25) is 23.4 Å². The van der Waals surface area contributed by atoms with Crippen LogP contribution in [0.1, 0.15) is 63.2 Å². The topological polar surface area (TPSA) is 129 Å². The van der Waals surface area contributed by atoms with Crippen molar-refractivity contribution in [1.29, 1.82) is 0 Å². The zero-order valence-corrected chi connectivity index (χ0v) is 22.1. The van der Waals surface area contributed by atoms with Crippen molar-refractivity contribution in [3.8, 4) is 5.75 Å². The Morgan fingerprint density at radius 1 is 0.973 bits per heavy atom. The van der Waals surface area contributed by atoms with Gasteiger partial charge in [-0.2, -0.15) is 0 Å². The highest BCUT2D eigenvalue weighted by molar-refractivity contribution is 7.48. The van der Waals surface area contributed by atoms with E-state index >= 15 is 0 Å². The molecule has 2 aromatic rings. The maximum Gasteiger partial charge on any atom is 0.530 e. The molecule has 3 atom stereocenters. The fourth-order valence-corrected chi connectivity index (χ4v) is 5.08. The number of phosphoric acid groups is 1. The normalized spacial score (nSPS) is 18.6. The molecule has 2 N–H and O–H groups in total. The number of aromatic amines is 1. The number of unbranched alkanes of at least 4 members (excludes halogenated alkanes) is 7. The van der Waals surface area contributed by atoms with Gasteiger partial charge >= 0.3 is 13.5 Å². The van der Waals surface area contributed by atoms with Crippen molar-refractivity contribution >= 4 is 7.82 Å². The Hall–Kier alpha value is -2.49. The number of para-hydroxylation sites is 1. The average molecular weight is 537 g/mol. The van der Waals surface area contributed by atoms with Crippen LogP contribution in [-0.2, 0) is 18.3 Å². The van der Waals surface area contributed by atoms with Crippen LogP contribution >= 0.6 is 7.82 Å². The third-order valence-electron chi connectivity index (χ3n) is 5.88. The molecule has 0 spiro atoms. The van der Waals surface area contributed by atoms with Gasteiger partial charge in [-0.25, -0.2) is 9.36 Å². The molecule has 2 heterocycles. The predicted octanol–water partition coefficient (Wildman–Crippen LogP) is 4.63. The van der Waals surface area contributed by atoms with Crippen molar-refractivity contribution in [2.75, 3.05) is 19.8 Å². The number of aromatic nitrogens is 2. The maximum atomic E-state index is 13.4. The average Bonchev–Trinajstić information content (AvgIpc) is 3.36. The summed E-state index contributed by atoms with van der Waals surface area (Å²) in [6.07, 6.45) is 11.5. The van der Waals surface area contributed by atoms with Crippen molar-refractivity contribution in [1.82, 2.24) is 9.55 Å². The Bertz CT molecular complexity index is 1150. The number of benzene rings is 1. The summed E-state index contributed by atoms with van der Waals surface area (Å²) in [6.45, 7) is 1.97. The number of hydrogen-bond donors (Lipinski definition) is 2. The van der Waals surface area contributed by atoms with E-state index in [0.717, 1.165) is 51.4 Å². The van der Waals surface area contributed by atoms with E-state index in [-0.39, 0.29) is 19.8 Å². The van der Waals surface area contributed by atoms with E-state index in [1.165, 1.54) is 10.8 Å². The van der Waals surface area contributed by atoms with Gasteiger partial charge in [0.05, 0.1) is 13.2 Å². The molecule has 0 amide bonds. The molecule has 10 nitrogen and oxygen atoms in total. The van der Waals surface area contributed by atoms with E-state index in [9.17, 15) is 14.2 Å². The second-order valence-electron chi connectivity index (χ2n) is 8.96. The first-order valence-electron chi connectivity index (χ1n) is 12.8. The number of aryl methyl sites for hydroxylation is 1.